The highest BCUT2D eigenvalue weighted by molar-refractivity contribution is 7.26. The van der Waals surface area contributed by atoms with Crippen LogP contribution in [0, 0.1) is 0 Å². The van der Waals surface area contributed by atoms with Gasteiger partial charge in [-0.25, -0.2) is 24.9 Å². The Morgan fingerprint density at radius 3 is 1.76 bits per heavy atom. The molecule has 0 aliphatic heterocycles. The SMILES string of the molecule is c1ccc(-c2nc(-c3ccccc3)nc(-c3cccc4sc5ccc(-c6nc(-c7ccccc7)c7oc8ccccc8c7n6)cc5c34)n2)cc1. The molecule has 10 rings (SSSR count). The quantitative estimate of drug-likeness (QED) is 0.183. The van der Waals surface area contributed by atoms with E-state index in [0.717, 1.165) is 70.2 Å². The molecule has 6 aromatic carbocycles. The van der Waals surface area contributed by atoms with Crippen LogP contribution in [-0.4, -0.2) is 24.9 Å². The van der Waals surface area contributed by atoms with E-state index in [9.17, 15) is 0 Å². The van der Waals surface area contributed by atoms with Crippen molar-refractivity contribution in [1.82, 2.24) is 24.9 Å². The predicted octanol–water partition coefficient (Wildman–Crippen LogP) is 11.3. The van der Waals surface area contributed by atoms with Crippen LogP contribution in [0.2, 0.25) is 0 Å². The molecule has 4 aromatic heterocycles. The van der Waals surface area contributed by atoms with E-state index < -0.39 is 0 Å². The first-order valence-electron chi connectivity index (χ1n) is 16.3. The van der Waals surface area contributed by atoms with Gasteiger partial charge in [-0.05, 0) is 36.4 Å². The topological polar surface area (TPSA) is 77.6 Å². The number of rotatable bonds is 5. The zero-order chi connectivity index (χ0) is 33.0. The number of hydrogen-bond acceptors (Lipinski definition) is 7. The minimum Gasteiger partial charge on any atom is -0.452 e. The van der Waals surface area contributed by atoms with E-state index in [2.05, 4.69) is 54.6 Å². The fourth-order valence-corrected chi connectivity index (χ4v) is 7.71. The van der Waals surface area contributed by atoms with Crippen LogP contribution >= 0.6 is 11.3 Å². The number of furan rings is 1. The van der Waals surface area contributed by atoms with Crippen LogP contribution in [0.25, 0.3) is 99.1 Å². The van der Waals surface area contributed by atoms with Crippen molar-refractivity contribution < 1.29 is 4.42 Å². The third-order valence-electron chi connectivity index (χ3n) is 8.96. The Labute approximate surface area is 290 Å². The number of nitrogens with zero attached hydrogens (tertiary/aromatic N) is 5. The number of hydrogen-bond donors (Lipinski definition) is 0. The van der Waals surface area contributed by atoms with Gasteiger partial charge in [-0.15, -0.1) is 11.3 Å². The van der Waals surface area contributed by atoms with Crippen molar-refractivity contribution in [1.29, 1.82) is 0 Å². The summed E-state index contributed by atoms with van der Waals surface area (Å²) in [6.45, 7) is 0. The zero-order valence-electron chi connectivity index (χ0n) is 26.5. The minimum atomic E-state index is 0.627. The molecule has 6 nitrogen and oxygen atoms in total. The van der Waals surface area contributed by atoms with E-state index in [1.165, 1.54) is 0 Å². The smallest absolute Gasteiger partial charge is 0.180 e. The van der Waals surface area contributed by atoms with Crippen molar-refractivity contribution in [2.24, 2.45) is 0 Å². The standard InChI is InChI=1S/C43H25N5OS/c1-4-13-26(14-5-1)37-39-38(30-19-10-11-21-33(30)49-39)45-42(44-37)29-23-24-34-32(25-29)36-31(20-12-22-35(36)50-34)43-47-40(27-15-6-2-7-16-27)46-41(48-43)28-17-8-3-9-18-28/h1-25H. The van der Waals surface area contributed by atoms with Gasteiger partial charge in [0.05, 0.1) is 0 Å². The second-order valence-electron chi connectivity index (χ2n) is 12.1. The van der Waals surface area contributed by atoms with Crippen LogP contribution in [0.5, 0.6) is 0 Å². The lowest BCUT2D eigenvalue weighted by molar-refractivity contribution is 0.667. The highest BCUT2D eigenvalue weighted by Gasteiger charge is 2.20. The van der Waals surface area contributed by atoms with Gasteiger partial charge in [-0.2, -0.15) is 0 Å². The number of thiophene rings is 1. The molecule has 0 radical (unpaired) electrons. The number of para-hydroxylation sites is 1. The van der Waals surface area contributed by atoms with Gasteiger partial charge in [0.2, 0.25) is 0 Å². The summed E-state index contributed by atoms with van der Waals surface area (Å²) in [4.78, 5) is 25.3. The molecule has 0 fully saturated rings. The lowest BCUT2D eigenvalue weighted by Crippen LogP contribution is -2.00. The fourth-order valence-electron chi connectivity index (χ4n) is 6.59. The van der Waals surface area contributed by atoms with Gasteiger partial charge in [0.25, 0.3) is 0 Å². The van der Waals surface area contributed by atoms with Crippen LogP contribution in [0.3, 0.4) is 0 Å². The summed E-state index contributed by atoms with van der Waals surface area (Å²) in [5.74, 6) is 2.53. The maximum atomic E-state index is 6.35. The number of fused-ring (bicyclic) bond motifs is 6. The highest BCUT2D eigenvalue weighted by atomic mass is 32.1. The molecule has 0 aliphatic carbocycles. The maximum Gasteiger partial charge on any atom is 0.180 e. The Balaban J connectivity index is 1.20. The first-order chi connectivity index (χ1) is 24.8. The molecular formula is C43H25N5OS. The average molecular weight is 660 g/mol. The van der Waals surface area contributed by atoms with Gasteiger partial charge in [-0.1, -0.05) is 115 Å². The van der Waals surface area contributed by atoms with E-state index in [1.807, 2.05) is 97.1 Å². The van der Waals surface area contributed by atoms with Gasteiger partial charge in [0.1, 0.15) is 16.8 Å². The first kappa shape index (κ1) is 28.4. The molecule has 10 aromatic rings. The molecule has 0 bridgehead atoms. The molecule has 7 heteroatoms. The van der Waals surface area contributed by atoms with Gasteiger partial charge in [0, 0.05) is 53.4 Å². The minimum absolute atomic E-state index is 0.627. The number of benzene rings is 6. The molecule has 0 aliphatic rings. The highest BCUT2D eigenvalue weighted by Crippen LogP contribution is 2.42. The Hall–Kier alpha value is -6.57. The molecule has 0 saturated carbocycles. The van der Waals surface area contributed by atoms with Gasteiger partial charge < -0.3 is 4.42 Å². The summed E-state index contributed by atoms with van der Waals surface area (Å²) in [5, 5.41) is 3.16. The molecule has 0 amide bonds. The molecule has 4 heterocycles. The third kappa shape index (κ3) is 4.75. The molecule has 0 spiro atoms. The Kier molecular flexibility index (Phi) is 6.57. The van der Waals surface area contributed by atoms with Crippen molar-refractivity contribution in [2.45, 2.75) is 0 Å². The van der Waals surface area contributed by atoms with Crippen LogP contribution in [0.15, 0.2) is 156 Å². The van der Waals surface area contributed by atoms with E-state index in [-0.39, 0.29) is 0 Å². The summed E-state index contributed by atoms with van der Waals surface area (Å²) < 4.78 is 8.66. The molecule has 234 valence electrons. The van der Waals surface area contributed by atoms with Crippen LogP contribution < -0.4 is 0 Å². The molecule has 0 N–H and O–H groups in total. The number of aromatic nitrogens is 5. The molecule has 0 atom stereocenters. The lowest BCUT2D eigenvalue weighted by Gasteiger charge is -2.10. The van der Waals surface area contributed by atoms with Crippen LogP contribution in [0.1, 0.15) is 0 Å². The van der Waals surface area contributed by atoms with Crippen molar-refractivity contribution in [2.75, 3.05) is 0 Å². The normalized spacial score (nSPS) is 11.6. The van der Waals surface area contributed by atoms with E-state index in [1.54, 1.807) is 11.3 Å². The molecule has 0 saturated heterocycles. The second-order valence-corrected chi connectivity index (χ2v) is 13.2. The van der Waals surface area contributed by atoms with Crippen LogP contribution in [-0.2, 0) is 0 Å². The average Bonchev–Trinajstić information content (AvgIpc) is 3.76. The summed E-state index contributed by atoms with van der Waals surface area (Å²) in [6, 6.07) is 51.1. The summed E-state index contributed by atoms with van der Waals surface area (Å²) in [5.41, 5.74) is 7.76. The summed E-state index contributed by atoms with van der Waals surface area (Å²) in [7, 11) is 0. The van der Waals surface area contributed by atoms with E-state index in [0.29, 0.717) is 28.9 Å². The van der Waals surface area contributed by atoms with Crippen LogP contribution in [0.4, 0.5) is 0 Å². The summed E-state index contributed by atoms with van der Waals surface area (Å²) in [6.07, 6.45) is 0. The predicted molar refractivity (Wildman–Crippen MR) is 203 cm³/mol. The van der Waals surface area contributed by atoms with E-state index in [4.69, 9.17) is 29.3 Å². The lowest BCUT2D eigenvalue weighted by atomic mass is 10.0. The monoisotopic (exact) mass is 659 g/mol. The molecular weight excluding hydrogens is 635 g/mol. The Morgan fingerprint density at radius 1 is 0.420 bits per heavy atom. The van der Waals surface area contributed by atoms with Gasteiger partial charge in [-0.3, -0.25) is 0 Å². The summed E-state index contributed by atoms with van der Waals surface area (Å²) >= 11 is 1.75. The van der Waals surface area contributed by atoms with Crippen molar-refractivity contribution in [3.8, 4) is 56.8 Å². The maximum absolute atomic E-state index is 6.35. The zero-order valence-corrected chi connectivity index (χ0v) is 27.3. The Morgan fingerprint density at radius 2 is 1.04 bits per heavy atom. The van der Waals surface area contributed by atoms with Crippen molar-refractivity contribution in [3.63, 3.8) is 0 Å². The second kappa shape index (κ2) is 11.5. The van der Waals surface area contributed by atoms with Crippen molar-refractivity contribution >= 4 is 53.6 Å². The molecule has 50 heavy (non-hydrogen) atoms. The van der Waals surface area contributed by atoms with E-state index >= 15 is 0 Å². The Bertz CT molecular complexity index is 2810. The third-order valence-corrected chi connectivity index (χ3v) is 10.1. The van der Waals surface area contributed by atoms with Gasteiger partial charge in [0.15, 0.2) is 28.9 Å². The fraction of sp³-hybridized carbons (Fsp3) is 0. The largest absolute Gasteiger partial charge is 0.452 e. The van der Waals surface area contributed by atoms with Gasteiger partial charge >= 0.3 is 0 Å². The molecule has 0 unspecified atom stereocenters. The van der Waals surface area contributed by atoms with Crippen molar-refractivity contribution in [3.05, 3.63) is 152 Å². The first-order valence-corrected chi connectivity index (χ1v) is 17.2.